The number of anilines is 1. The molecule has 3 saturated heterocycles. The van der Waals surface area contributed by atoms with E-state index in [9.17, 15) is 32.3 Å². The lowest BCUT2D eigenvalue weighted by Gasteiger charge is -2.27. The van der Waals surface area contributed by atoms with Crippen LogP contribution in [0.15, 0.2) is 18.2 Å². The second kappa shape index (κ2) is 9.46. The Bertz CT molecular complexity index is 1160. The molecule has 9 nitrogen and oxygen atoms in total. The number of amides is 5. The van der Waals surface area contributed by atoms with Gasteiger partial charge in [-0.2, -0.15) is 0 Å². The number of carbonyl (C=O) groups excluding carboxylic acids is 4. The number of nitrogens with one attached hydrogen (secondary N) is 1. The van der Waals surface area contributed by atoms with Crippen LogP contribution >= 0.6 is 0 Å². The summed E-state index contributed by atoms with van der Waals surface area (Å²) < 4.78 is 42.8. The summed E-state index contributed by atoms with van der Waals surface area (Å²) in [5, 5.41) is 2.66. The Morgan fingerprint density at radius 3 is 2.29 bits per heavy atom. The molecule has 5 amide bonds. The van der Waals surface area contributed by atoms with Crippen molar-refractivity contribution in [2.24, 2.45) is 23.7 Å². The lowest BCUT2D eigenvalue weighted by Crippen LogP contribution is -2.44. The van der Waals surface area contributed by atoms with Gasteiger partial charge in [-0.25, -0.2) is 4.79 Å². The quantitative estimate of drug-likeness (QED) is 0.592. The van der Waals surface area contributed by atoms with E-state index in [-0.39, 0.29) is 47.4 Å². The zero-order chi connectivity index (χ0) is 27.5. The molecule has 12 heteroatoms. The van der Waals surface area contributed by atoms with E-state index >= 15 is 0 Å². The lowest BCUT2D eigenvalue weighted by atomic mass is 10.00. The highest BCUT2D eigenvalue weighted by molar-refractivity contribution is 6.06. The van der Waals surface area contributed by atoms with E-state index in [1.807, 2.05) is 13.8 Å². The first-order chi connectivity index (χ1) is 17.9. The van der Waals surface area contributed by atoms with Crippen LogP contribution in [0.25, 0.3) is 0 Å². The molecule has 3 aliphatic heterocycles. The van der Waals surface area contributed by atoms with E-state index in [2.05, 4.69) is 10.1 Å². The number of likely N-dealkylation sites (tertiary alicyclic amines) is 3. The average molecular weight is 537 g/mol. The fourth-order valence-electron chi connectivity index (χ4n) is 6.27. The predicted octanol–water partition coefficient (Wildman–Crippen LogP) is 3.70. The molecular weight excluding hydrogens is 505 g/mol. The number of benzene rings is 1. The summed E-state index contributed by atoms with van der Waals surface area (Å²) in [6.07, 6.45) is -2.91. The molecule has 4 fully saturated rings. The van der Waals surface area contributed by atoms with Crippen LogP contribution in [0.2, 0.25) is 0 Å². The van der Waals surface area contributed by atoms with Gasteiger partial charge in [-0.3, -0.25) is 19.3 Å². The maximum atomic E-state index is 13.8. The summed E-state index contributed by atoms with van der Waals surface area (Å²) in [6.45, 7) is 6.90. The van der Waals surface area contributed by atoms with E-state index in [1.54, 1.807) is 11.8 Å². The maximum absolute atomic E-state index is 13.8. The number of carbonyl (C=O) groups is 4. The van der Waals surface area contributed by atoms with Gasteiger partial charge in [0.1, 0.15) is 5.75 Å². The normalized spacial score (nSPS) is 30.5. The van der Waals surface area contributed by atoms with Crippen molar-refractivity contribution in [1.29, 1.82) is 0 Å². The minimum absolute atomic E-state index is 0.0513. The fraction of sp³-hybridized carbons (Fsp3) is 0.615. The summed E-state index contributed by atoms with van der Waals surface area (Å²) in [5.74, 6) is -2.31. The second-order valence-electron chi connectivity index (χ2n) is 10.8. The number of rotatable bonds is 4. The smallest absolute Gasteiger partial charge is 0.406 e. The van der Waals surface area contributed by atoms with Gasteiger partial charge in [0.2, 0.25) is 11.8 Å². The van der Waals surface area contributed by atoms with Crippen molar-refractivity contribution < 1.29 is 37.1 Å². The van der Waals surface area contributed by atoms with Crippen LogP contribution in [0, 0.1) is 23.7 Å². The third kappa shape index (κ3) is 4.58. The fourth-order valence-corrected chi connectivity index (χ4v) is 6.27. The number of fused-ring (bicyclic) bond motifs is 1. The number of imide groups is 1. The Hall–Kier alpha value is -3.31. The van der Waals surface area contributed by atoms with Crippen LogP contribution in [-0.4, -0.2) is 76.5 Å². The van der Waals surface area contributed by atoms with Gasteiger partial charge in [0.05, 0.1) is 29.3 Å². The lowest BCUT2D eigenvalue weighted by molar-refractivity contribution is -0.274. The highest BCUT2D eigenvalue weighted by atomic mass is 19.4. The van der Waals surface area contributed by atoms with Crippen molar-refractivity contribution in [2.75, 3.05) is 25.0 Å². The Balaban J connectivity index is 1.43. The van der Waals surface area contributed by atoms with Crippen LogP contribution in [0.3, 0.4) is 0 Å². The third-order valence-corrected chi connectivity index (χ3v) is 8.59. The van der Waals surface area contributed by atoms with Gasteiger partial charge in [-0.05, 0) is 49.3 Å². The molecule has 206 valence electrons. The molecule has 1 N–H and O–H groups in total. The summed E-state index contributed by atoms with van der Waals surface area (Å²) in [6, 6.07) is 1.65. The standard InChI is InChI=1S/C26H31F3N4O5/c1-13-14(2)20(13)24(36)33-19-8-11-32(21(19)15(3)22(33)34)23(35)17-12-16(38-26(27,28)29)6-7-18(17)30-25(37)31-9-4-5-10-31/h6-7,12-15,19-21H,4-5,8-11H2,1-3H3,(H,30,37)/t13-,14+,15?,19?,20?,21?. The van der Waals surface area contributed by atoms with E-state index in [1.165, 1.54) is 15.9 Å². The predicted molar refractivity (Wildman–Crippen MR) is 129 cm³/mol. The summed E-state index contributed by atoms with van der Waals surface area (Å²) in [5.41, 5.74) is -0.121. The van der Waals surface area contributed by atoms with Gasteiger partial charge in [0.15, 0.2) is 0 Å². The summed E-state index contributed by atoms with van der Waals surface area (Å²) in [4.78, 5) is 57.2. The van der Waals surface area contributed by atoms with Gasteiger partial charge < -0.3 is 19.9 Å². The molecule has 0 bridgehead atoms. The van der Waals surface area contributed by atoms with E-state index in [0.29, 0.717) is 19.5 Å². The number of hydrogen-bond donors (Lipinski definition) is 1. The molecule has 1 aromatic rings. The number of halogens is 3. The summed E-state index contributed by atoms with van der Waals surface area (Å²) >= 11 is 0. The zero-order valence-electron chi connectivity index (χ0n) is 21.5. The molecule has 4 unspecified atom stereocenters. The molecule has 0 aromatic heterocycles. The minimum Gasteiger partial charge on any atom is -0.406 e. The molecule has 1 saturated carbocycles. The molecule has 5 rings (SSSR count). The molecular formula is C26H31F3N4O5. The zero-order valence-corrected chi connectivity index (χ0v) is 21.5. The molecule has 1 aromatic carbocycles. The Morgan fingerprint density at radius 2 is 1.68 bits per heavy atom. The first-order valence-corrected chi connectivity index (χ1v) is 13.0. The Morgan fingerprint density at radius 1 is 1.03 bits per heavy atom. The van der Waals surface area contributed by atoms with E-state index < -0.39 is 42.1 Å². The van der Waals surface area contributed by atoms with Crippen molar-refractivity contribution in [3.63, 3.8) is 0 Å². The topological polar surface area (TPSA) is 99.3 Å². The number of nitrogens with zero attached hydrogens (tertiary/aromatic N) is 3. The average Bonchev–Trinajstić information content (AvgIpc) is 3.32. The van der Waals surface area contributed by atoms with Crippen molar-refractivity contribution in [1.82, 2.24) is 14.7 Å². The van der Waals surface area contributed by atoms with Crippen molar-refractivity contribution >= 4 is 29.4 Å². The number of ether oxygens (including phenoxy) is 1. The first-order valence-electron chi connectivity index (χ1n) is 13.0. The van der Waals surface area contributed by atoms with Crippen LogP contribution in [-0.2, 0) is 9.59 Å². The molecule has 3 heterocycles. The largest absolute Gasteiger partial charge is 0.573 e. The SMILES string of the molecule is CC1C(=O)N(C(=O)C2[C@@H](C)[C@H]2C)C2CCN(C(=O)c3cc(OC(F)(F)F)ccc3NC(=O)N3CCCC3)C12. The maximum Gasteiger partial charge on any atom is 0.573 e. The van der Waals surface area contributed by atoms with Crippen LogP contribution in [0.4, 0.5) is 23.7 Å². The minimum atomic E-state index is -4.97. The monoisotopic (exact) mass is 536 g/mol. The third-order valence-electron chi connectivity index (χ3n) is 8.59. The number of urea groups is 1. The van der Waals surface area contributed by atoms with Crippen LogP contribution in [0.5, 0.6) is 5.75 Å². The van der Waals surface area contributed by atoms with Crippen molar-refractivity contribution in [3.05, 3.63) is 23.8 Å². The van der Waals surface area contributed by atoms with E-state index in [4.69, 9.17) is 0 Å². The number of hydrogen-bond acceptors (Lipinski definition) is 5. The van der Waals surface area contributed by atoms with Crippen molar-refractivity contribution in [3.8, 4) is 5.75 Å². The molecule has 0 radical (unpaired) electrons. The van der Waals surface area contributed by atoms with Gasteiger partial charge in [0, 0.05) is 25.6 Å². The van der Waals surface area contributed by atoms with E-state index in [0.717, 1.165) is 25.0 Å². The molecule has 38 heavy (non-hydrogen) atoms. The van der Waals surface area contributed by atoms with Gasteiger partial charge in [0.25, 0.3) is 5.91 Å². The Labute approximate surface area is 218 Å². The molecule has 6 atom stereocenters. The van der Waals surface area contributed by atoms with Crippen LogP contribution < -0.4 is 10.1 Å². The molecule has 0 spiro atoms. The number of alkyl halides is 3. The van der Waals surface area contributed by atoms with Gasteiger partial charge >= 0.3 is 12.4 Å². The highest BCUT2D eigenvalue weighted by Crippen LogP contribution is 2.49. The molecule has 1 aliphatic carbocycles. The first kappa shape index (κ1) is 26.3. The second-order valence-corrected chi connectivity index (χ2v) is 10.8. The van der Waals surface area contributed by atoms with Gasteiger partial charge in [-0.1, -0.05) is 20.8 Å². The van der Waals surface area contributed by atoms with Gasteiger partial charge in [-0.15, -0.1) is 13.2 Å². The van der Waals surface area contributed by atoms with Crippen molar-refractivity contribution in [2.45, 2.75) is 58.5 Å². The highest BCUT2D eigenvalue weighted by Gasteiger charge is 2.59. The molecule has 4 aliphatic rings. The van der Waals surface area contributed by atoms with Crippen LogP contribution in [0.1, 0.15) is 50.4 Å². The Kier molecular flexibility index (Phi) is 6.55. The summed E-state index contributed by atoms with van der Waals surface area (Å²) in [7, 11) is 0.